The van der Waals surface area contributed by atoms with Crippen LogP contribution in [-0.4, -0.2) is 46.1 Å². The topological polar surface area (TPSA) is 97.4 Å². The molecule has 6 nitrogen and oxygen atoms in total. The predicted molar refractivity (Wildman–Crippen MR) is 47.9 cm³/mol. The van der Waals surface area contributed by atoms with Crippen LogP contribution in [0.3, 0.4) is 0 Å². The molecule has 0 saturated heterocycles. The second-order valence-corrected chi connectivity index (χ2v) is 6.38. The first kappa shape index (κ1) is 18.9. The van der Waals surface area contributed by atoms with Crippen molar-refractivity contribution < 1.29 is 51.9 Å². The van der Waals surface area contributed by atoms with Crippen molar-refractivity contribution >= 4 is 26.2 Å². The highest BCUT2D eigenvalue weighted by atomic mass is 32.3. The first-order valence-corrected chi connectivity index (χ1v) is 7.17. The maximum Gasteiger partial charge on any atom is 0.417 e. The van der Waals surface area contributed by atoms with Crippen LogP contribution in [0.15, 0.2) is 0 Å². The molecule has 0 fully saturated rings. The zero-order valence-electron chi connectivity index (χ0n) is 8.79. The lowest BCUT2D eigenvalue weighted by atomic mass is 10.4. The zero-order chi connectivity index (χ0) is 16.6. The number of amides is 1. The number of sulfonamides is 1. The number of nitrogens with one attached hydrogen (secondary N) is 1. The molecule has 1 atom stereocenters. The van der Waals surface area contributed by atoms with Crippen molar-refractivity contribution in [1.29, 1.82) is 0 Å². The van der Waals surface area contributed by atoms with Gasteiger partial charge in [-0.15, -0.1) is 3.89 Å². The number of carbonyl (C=O) groups excluding carboxylic acids is 1. The number of hydrogen-bond donors (Lipinski definition) is 1. The average Bonchev–Trinajstić information content (AvgIpc) is 1.87. The lowest BCUT2D eigenvalue weighted by Crippen LogP contribution is -2.50. The molecule has 0 heterocycles. The van der Waals surface area contributed by atoms with Crippen molar-refractivity contribution in [3.8, 4) is 0 Å². The van der Waals surface area contributed by atoms with Crippen LogP contribution in [0.4, 0.5) is 30.2 Å². The summed E-state index contributed by atoms with van der Waals surface area (Å²) in [6.07, 6.45) is -11.5. The third-order valence-electron chi connectivity index (χ3n) is 1.43. The number of rotatable bonds is 4. The molecule has 0 saturated carbocycles. The highest BCUT2D eigenvalue weighted by Crippen LogP contribution is 2.27. The van der Waals surface area contributed by atoms with E-state index >= 15 is 0 Å². The molecular weight excluding hydrogens is 351 g/mol. The summed E-state index contributed by atoms with van der Waals surface area (Å²) in [5, 5.41) is -4.45. The number of alkyl halides is 6. The lowest BCUT2D eigenvalue weighted by Gasteiger charge is -2.16. The molecule has 0 aliphatic carbocycles. The van der Waals surface area contributed by atoms with Gasteiger partial charge in [0, 0.05) is 0 Å². The van der Waals surface area contributed by atoms with Gasteiger partial charge in [0.1, 0.15) is 0 Å². The fourth-order valence-corrected chi connectivity index (χ4v) is 2.53. The fourth-order valence-electron chi connectivity index (χ4n) is 0.894. The molecule has 0 spiro atoms. The first-order chi connectivity index (χ1) is 8.46. The van der Waals surface area contributed by atoms with E-state index in [0.29, 0.717) is 0 Å². The zero-order valence-corrected chi connectivity index (χ0v) is 10.4. The highest BCUT2D eigenvalue weighted by Gasteiger charge is 2.55. The number of halogens is 7. The summed E-state index contributed by atoms with van der Waals surface area (Å²) in [5.74, 6) is -5.74. The molecule has 120 valence electrons. The second kappa shape index (κ2) is 5.34. The minimum atomic E-state index is -6.62. The molecule has 0 aromatic carbocycles. The smallest absolute Gasteiger partial charge is 0.272 e. The van der Waals surface area contributed by atoms with Crippen molar-refractivity contribution in [3.63, 3.8) is 0 Å². The predicted octanol–water partition coefficient (Wildman–Crippen LogP) is 0.225. The summed E-state index contributed by atoms with van der Waals surface area (Å²) in [6, 6.07) is 0. The number of hydrogen-bond acceptors (Lipinski definition) is 5. The number of carbonyl (C=O) groups is 1. The Labute approximate surface area is 107 Å². The van der Waals surface area contributed by atoms with Gasteiger partial charge in [0.25, 0.3) is 11.2 Å². The Balaban J connectivity index is 5.36. The van der Waals surface area contributed by atoms with Gasteiger partial charge < -0.3 is 0 Å². The third-order valence-corrected chi connectivity index (χ3v) is 3.69. The second-order valence-electron chi connectivity index (χ2n) is 3.24. The minimum absolute atomic E-state index is 0.200. The summed E-state index contributed by atoms with van der Waals surface area (Å²) >= 11 is 0. The summed E-state index contributed by atoms with van der Waals surface area (Å²) in [7, 11) is -12.3. The van der Waals surface area contributed by atoms with Gasteiger partial charge >= 0.3 is 22.6 Å². The van der Waals surface area contributed by atoms with Gasteiger partial charge in [0.05, 0.1) is 0 Å². The molecule has 0 aromatic heterocycles. The van der Waals surface area contributed by atoms with E-state index in [-0.39, 0.29) is 4.72 Å². The molecule has 0 aromatic rings. The molecule has 1 unspecified atom stereocenters. The van der Waals surface area contributed by atoms with Crippen LogP contribution in [0.2, 0.25) is 0 Å². The largest absolute Gasteiger partial charge is 0.417 e. The van der Waals surface area contributed by atoms with Gasteiger partial charge in [-0.25, -0.2) is 8.42 Å². The van der Waals surface area contributed by atoms with Crippen LogP contribution in [0, 0.1) is 0 Å². The Morgan fingerprint density at radius 1 is 1.00 bits per heavy atom. The molecule has 0 radical (unpaired) electrons. The monoisotopic (exact) mass is 355 g/mol. The lowest BCUT2D eigenvalue weighted by molar-refractivity contribution is -0.150. The van der Waals surface area contributed by atoms with Crippen LogP contribution >= 0.6 is 0 Å². The standard InChI is InChI=1S/C5H4F7NO5S2/c6-4(7,8)1-19(15,16)13-3(14)2(5(9,10)11)20(12,17)18/h2H,1H2,(H,13,14). The average molecular weight is 355 g/mol. The van der Waals surface area contributed by atoms with E-state index in [1.165, 1.54) is 0 Å². The van der Waals surface area contributed by atoms with Gasteiger partial charge in [-0.1, -0.05) is 0 Å². The van der Waals surface area contributed by atoms with Gasteiger partial charge in [-0.2, -0.15) is 34.8 Å². The van der Waals surface area contributed by atoms with E-state index in [9.17, 15) is 51.9 Å². The minimum Gasteiger partial charge on any atom is -0.272 e. The molecule has 20 heavy (non-hydrogen) atoms. The van der Waals surface area contributed by atoms with Crippen molar-refractivity contribution in [1.82, 2.24) is 4.72 Å². The third kappa shape index (κ3) is 6.36. The van der Waals surface area contributed by atoms with Crippen LogP contribution in [-0.2, 0) is 25.0 Å². The van der Waals surface area contributed by atoms with E-state index in [2.05, 4.69) is 0 Å². The molecule has 0 rings (SSSR count). The molecule has 0 aliphatic heterocycles. The summed E-state index contributed by atoms with van der Waals surface area (Å²) in [5.41, 5.74) is 0. The first-order valence-electron chi connectivity index (χ1n) is 4.07. The molecule has 1 N–H and O–H groups in total. The normalized spacial score (nSPS) is 15.8. The van der Waals surface area contributed by atoms with Crippen molar-refractivity contribution in [2.24, 2.45) is 0 Å². The summed E-state index contributed by atoms with van der Waals surface area (Å²) in [4.78, 5) is 10.7. The Bertz CT molecular complexity index is 574. The van der Waals surface area contributed by atoms with Gasteiger partial charge in [0.2, 0.25) is 10.0 Å². The van der Waals surface area contributed by atoms with E-state index in [1.54, 1.807) is 0 Å². The SMILES string of the molecule is O=C(NS(=O)(=O)CC(F)(F)F)C(C(F)(F)F)S(=O)(=O)F. The van der Waals surface area contributed by atoms with Crippen LogP contribution in [0.25, 0.3) is 0 Å². The van der Waals surface area contributed by atoms with Gasteiger partial charge in [-0.05, 0) is 0 Å². The maximum atomic E-state index is 12.3. The van der Waals surface area contributed by atoms with E-state index < -0.39 is 49.5 Å². The van der Waals surface area contributed by atoms with Gasteiger partial charge in [-0.3, -0.25) is 9.52 Å². The van der Waals surface area contributed by atoms with Crippen LogP contribution < -0.4 is 4.72 Å². The van der Waals surface area contributed by atoms with E-state index in [1.807, 2.05) is 0 Å². The van der Waals surface area contributed by atoms with E-state index in [4.69, 9.17) is 0 Å². The Morgan fingerprint density at radius 2 is 1.40 bits per heavy atom. The Morgan fingerprint density at radius 3 is 1.65 bits per heavy atom. The van der Waals surface area contributed by atoms with E-state index in [0.717, 1.165) is 0 Å². The quantitative estimate of drug-likeness (QED) is 0.575. The summed E-state index contributed by atoms with van der Waals surface area (Å²) < 4.78 is 126. The fraction of sp³-hybridized carbons (Fsp3) is 0.800. The molecule has 15 heteroatoms. The highest BCUT2D eigenvalue weighted by molar-refractivity contribution is 7.90. The van der Waals surface area contributed by atoms with Crippen molar-refractivity contribution in [3.05, 3.63) is 0 Å². The summed E-state index contributed by atoms with van der Waals surface area (Å²) in [6.45, 7) is 0. The molecule has 1 amide bonds. The molecular formula is C5H4F7NO5S2. The Hall–Kier alpha value is -1.12. The molecule has 0 bridgehead atoms. The van der Waals surface area contributed by atoms with Crippen LogP contribution in [0.5, 0.6) is 0 Å². The molecule has 0 aliphatic rings. The van der Waals surface area contributed by atoms with Gasteiger partial charge in [0.15, 0.2) is 5.75 Å². The maximum absolute atomic E-state index is 12.3. The van der Waals surface area contributed by atoms with Crippen LogP contribution in [0.1, 0.15) is 0 Å². The van der Waals surface area contributed by atoms with Crippen molar-refractivity contribution in [2.75, 3.05) is 5.75 Å². The Kier molecular flexibility index (Phi) is 5.04. The van der Waals surface area contributed by atoms with Crippen molar-refractivity contribution in [2.45, 2.75) is 17.6 Å².